The second kappa shape index (κ2) is 10.6. The van der Waals surface area contributed by atoms with Gasteiger partial charge in [-0.15, -0.1) is 10.2 Å². The van der Waals surface area contributed by atoms with E-state index in [0.29, 0.717) is 20.8 Å². The highest BCUT2D eigenvalue weighted by molar-refractivity contribution is 8.00. The molecule has 1 aliphatic carbocycles. The van der Waals surface area contributed by atoms with Crippen molar-refractivity contribution in [1.29, 1.82) is 0 Å². The minimum Gasteiger partial charge on any atom is -0.300 e. The van der Waals surface area contributed by atoms with Gasteiger partial charge in [0.25, 0.3) is 0 Å². The Morgan fingerprint density at radius 3 is 2.70 bits per heavy atom. The largest absolute Gasteiger partial charge is 0.416 e. The first-order chi connectivity index (χ1) is 14.3. The monoisotopic (exact) mass is 457 g/mol. The molecule has 0 unspecified atom stereocenters. The zero-order valence-electron chi connectivity index (χ0n) is 16.9. The van der Waals surface area contributed by atoms with Crippen LogP contribution < -0.4 is 5.32 Å². The molecule has 9 heteroatoms. The van der Waals surface area contributed by atoms with E-state index in [1.54, 1.807) is 6.07 Å². The molecule has 0 spiro atoms. The lowest BCUT2D eigenvalue weighted by atomic mass is 9.79. The van der Waals surface area contributed by atoms with Gasteiger partial charge in [-0.25, -0.2) is 0 Å². The molecule has 3 rings (SSSR count). The maximum atomic E-state index is 12.8. The van der Waals surface area contributed by atoms with Gasteiger partial charge in [-0.3, -0.25) is 4.79 Å². The van der Waals surface area contributed by atoms with Gasteiger partial charge in [-0.2, -0.15) is 13.2 Å². The van der Waals surface area contributed by atoms with Crippen LogP contribution in [0.15, 0.2) is 28.6 Å². The smallest absolute Gasteiger partial charge is 0.300 e. The summed E-state index contributed by atoms with van der Waals surface area (Å²) < 4.78 is 39.1. The average Bonchev–Trinajstić information content (AvgIpc) is 3.18. The minimum atomic E-state index is -4.35. The number of hydrogen-bond acceptors (Lipinski definition) is 5. The Bertz CT molecular complexity index is 833. The van der Waals surface area contributed by atoms with Gasteiger partial charge < -0.3 is 5.32 Å². The van der Waals surface area contributed by atoms with Gasteiger partial charge in [0.1, 0.15) is 0 Å². The molecule has 2 aromatic rings. The number of rotatable bonds is 8. The second-order valence-electron chi connectivity index (χ2n) is 7.71. The number of nitrogens with one attached hydrogen (secondary N) is 1. The highest BCUT2D eigenvalue weighted by atomic mass is 32.2. The summed E-state index contributed by atoms with van der Waals surface area (Å²) >= 11 is 2.56. The number of nitrogens with zero attached hydrogens (tertiary/aromatic N) is 2. The molecule has 1 amide bonds. The van der Waals surface area contributed by atoms with Crippen molar-refractivity contribution < 1.29 is 18.0 Å². The predicted molar refractivity (Wildman–Crippen MR) is 115 cm³/mol. The second-order valence-corrected chi connectivity index (χ2v) is 9.91. The van der Waals surface area contributed by atoms with Crippen LogP contribution in [0.5, 0.6) is 0 Å². The van der Waals surface area contributed by atoms with Crippen molar-refractivity contribution in [3.8, 4) is 0 Å². The van der Waals surface area contributed by atoms with Crippen molar-refractivity contribution >= 4 is 34.1 Å². The summed E-state index contributed by atoms with van der Waals surface area (Å²) in [6.45, 7) is 2.20. The normalized spacial score (nSPS) is 19.6. The van der Waals surface area contributed by atoms with Crippen LogP contribution >= 0.6 is 23.1 Å². The van der Waals surface area contributed by atoms with Crippen LogP contribution in [0.4, 0.5) is 18.3 Å². The third-order valence-corrected chi connectivity index (χ3v) is 7.48. The van der Waals surface area contributed by atoms with Crippen molar-refractivity contribution in [2.75, 3.05) is 5.32 Å². The van der Waals surface area contributed by atoms with E-state index in [4.69, 9.17) is 0 Å². The number of alkyl halides is 3. The Balaban J connectivity index is 1.47. The topological polar surface area (TPSA) is 54.9 Å². The molecule has 1 aromatic heterocycles. The maximum absolute atomic E-state index is 12.8. The zero-order valence-corrected chi connectivity index (χ0v) is 18.5. The Morgan fingerprint density at radius 2 is 2.00 bits per heavy atom. The van der Waals surface area contributed by atoms with Crippen molar-refractivity contribution in [2.24, 2.45) is 11.8 Å². The number of amides is 1. The lowest BCUT2D eigenvalue weighted by Crippen LogP contribution is -2.27. The fourth-order valence-electron chi connectivity index (χ4n) is 3.71. The van der Waals surface area contributed by atoms with Crippen molar-refractivity contribution in [2.45, 2.75) is 68.1 Å². The van der Waals surface area contributed by atoms with Crippen LogP contribution in [0, 0.1) is 11.8 Å². The quantitative estimate of drug-likeness (QED) is 0.350. The maximum Gasteiger partial charge on any atom is 0.416 e. The summed E-state index contributed by atoms with van der Waals surface area (Å²) in [6, 6.07) is 5.27. The lowest BCUT2D eigenvalue weighted by molar-refractivity contribution is -0.137. The van der Waals surface area contributed by atoms with E-state index in [1.807, 2.05) is 0 Å². The van der Waals surface area contributed by atoms with Crippen LogP contribution in [0.2, 0.25) is 0 Å². The summed E-state index contributed by atoms with van der Waals surface area (Å²) in [5, 5.41) is 11.4. The molecule has 4 nitrogen and oxygen atoms in total. The summed E-state index contributed by atoms with van der Waals surface area (Å²) in [5.41, 5.74) is -0.0920. The Morgan fingerprint density at radius 1 is 1.23 bits per heavy atom. The van der Waals surface area contributed by atoms with Gasteiger partial charge in [0.15, 0.2) is 4.34 Å². The summed E-state index contributed by atoms with van der Waals surface area (Å²) in [5.74, 6) is 1.12. The third-order valence-electron chi connectivity index (χ3n) is 5.44. The Hall–Kier alpha value is -1.61. The van der Waals surface area contributed by atoms with Gasteiger partial charge >= 0.3 is 6.18 Å². The van der Waals surface area contributed by atoms with Crippen LogP contribution in [-0.4, -0.2) is 16.1 Å². The SMILES string of the molecule is CCCCC1CCC(C(=O)Nc2nnc(SCc3cccc(C(F)(F)F)c3)s2)CC1. The summed E-state index contributed by atoms with van der Waals surface area (Å²) in [7, 11) is 0. The van der Waals surface area contributed by atoms with Crippen molar-refractivity contribution in [3.05, 3.63) is 35.4 Å². The number of anilines is 1. The van der Waals surface area contributed by atoms with Crippen molar-refractivity contribution in [3.63, 3.8) is 0 Å². The standard InChI is InChI=1S/C21H26F3N3OS2/c1-2-3-5-14-8-10-16(11-9-14)18(28)25-19-26-27-20(30-19)29-13-15-6-4-7-17(12-15)21(22,23)24/h4,6-7,12,14,16H,2-3,5,8-11,13H2,1H3,(H,25,26,28). The molecule has 1 aromatic carbocycles. The third kappa shape index (κ3) is 6.70. The van der Waals surface area contributed by atoms with E-state index in [-0.39, 0.29) is 11.8 Å². The van der Waals surface area contributed by atoms with E-state index >= 15 is 0 Å². The van der Waals surface area contributed by atoms with Gasteiger partial charge in [0, 0.05) is 11.7 Å². The molecule has 30 heavy (non-hydrogen) atoms. The van der Waals surface area contributed by atoms with E-state index in [9.17, 15) is 18.0 Å². The Kier molecular flexibility index (Phi) is 8.16. The highest BCUT2D eigenvalue weighted by Gasteiger charge is 2.30. The fraction of sp³-hybridized carbons (Fsp3) is 0.571. The fourth-order valence-corrected chi connectivity index (χ4v) is 5.41. The molecule has 0 saturated heterocycles. The van der Waals surface area contributed by atoms with Gasteiger partial charge in [-0.05, 0) is 43.2 Å². The van der Waals surface area contributed by atoms with E-state index in [1.165, 1.54) is 48.4 Å². The molecular weight excluding hydrogens is 431 g/mol. The minimum absolute atomic E-state index is 0.00507. The number of unbranched alkanes of at least 4 members (excludes halogenated alkanes) is 1. The summed E-state index contributed by atoms with van der Waals surface area (Å²) in [6.07, 6.45) is 3.41. The van der Waals surface area contributed by atoms with E-state index in [2.05, 4.69) is 22.4 Å². The first-order valence-corrected chi connectivity index (χ1v) is 12.1. The lowest BCUT2D eigenvalue weighted by Gasteiger charge is -2.27. The molecule has 1 saturated carbocycles. The first-order valence-electron chi connectivity index (χ1n) is 10.3. The number of benzene rings is 1. The predicted octanol–water partition coefficient (Wildman–Crippen LogP) is 6.78. The van der Waals surface area contributed by atoms with Crippen LogP contribution in [0.3, 0.4) is 0 Å². The molecule has 1 heterocycles. The Labute approximate surface area is 183 Å². The zero-order chi connectivity index (χ0) is 21.6. The van der Waals surface area contributed by atoms with E-state index < -0.39 is 11.7 Å². The van der Waals surface area contributed by atoms with E-state index in [0.717, 1.165) is 43.7 Å². The number of halogens is 3. The highest BCUT2D eigenvalue weighted by Crippen LogP contribution is 2.34. The van der Waals surface area contributed by atoms with Crippen LogP contribution in [-0.2, 0) is 16.7 Å². The van der Waals surface area contributed by atoms with Gasteiger partial charge in [-0.1, -0.05) is 67.5 Å². The molecule has 0 aliphatic heterocycles. The molecule has 0 atom stereocenters. The molecule has 0 bridgehead atoms. The van der Waals surface area contributed by atoms with Crippen molar-refractivity contribution in [1.82, 2.24) is 10.2 Å². The van der Waals surface area contributed by atoms with Crippen LogP contribution in [0.25, 0.3) is 0 Å². The number of carbonyl (C=O) groups excluding carboxylic acids is 1. The average molecular weight is 458 g/mol. The van der Waals surface area contributed by atoms with Gasteiger partial charge in [0.05, 0.1) is 5.56 Å². The van der Waals surface area contributed by atoms with Gasteiger partial charge in [0.2, 0.25) is 11.0 Å². The molecular formula is C21H26F3N3OS2. The first kappa shape index (κ1) is 23.1. The molecule has 1 N–H and O–H groups in total. The number of thioether (sulfide) groups is 1. The molecule has 164 valence electrons. The molecule has 1 fully saturated rings. The summed E-state index contributed by atoms with van der Waals surface area (Å²) in [4.78, 5) is 12.5. The number of hydrogen-bond donors (Lipinski definition) is 1. The molecule has 0 radical (unpaired) electrons. The van der Waals surface area contributed by atoms with Crippen LogP contribution in [0.1, 0.15) is 63.0 Å². The number of carbonyl (C=O) groups is 1. The molecule has 1 aliphatic rings. The number of aromatic nitrogens is 2.